The number of aromatic nitrogens is 4. The number of nitrogens with one attached hydrogen (secondary N) is 2. The van der Waals surface area contributed by atoms with Crippen LogP contribution in [0.1, 0.15) is 16.2 Å². The van der Waals surface area contributed by atoms with Gasteiger partial charge in [-0.3, -0.25) is 9.78 Å². The SMILES string of the molecule is CNCCNC(=O)c1nnn(-c2ccc3ncccc3c2)c1C. The first kappa shape index (κ1) is 15.1. The Balaban J connectivity index is 1.89. The molecule has 0 atom stereocenters. The Labute approximate surface area is 133 Å². The van der Waals surface area contributed by atoms with Crippen LogP contribution in [0.2, 0.25) is 0 Å². The first-order valence-electron chi connectivity index (χ1n) is 7.41. The van der Waals surface area contributed by atoms with Gasteiger partial charge in [-0.25, -0.2) is 4.68 Å². The van der Waals surface area contributed by atoms with Crippen LogP contribution < -0.4 is 10.6 Å². The van der Waals surface area contributed by atoms with E-state index in [4.69, 9.17) is 0 Å². The summed E-state index contributed by atoms with van der Waals surface area (Å²) in [6.45, 7) is 3.08. The van der Waals surface area contributed by atoms with Crippen molar-refractivity contribution in [2.24, 2.45) is 0 Å². The predicted molar refractivity (Wildman–Crippen MR) is 87.7 cm³/mol. The van der Waals surface area contributed by atoms with Gasteiger partial charge in [-0.05, 0) is 38.2 Å². The molecule has 7 heteroatoms. The third kappa shape index (κ3) is 3.04. The van der Waals surface area contributed by atoms with Crippen molar-refractivity contribution in [3.63, 3.8) is 0 Å². The molecule has 2 aromatic heterocycles. The van der Waals surface area contributed by atoms with E-state index in [0.717, 1.165) is 16.6 Å². The Morgan fingerprint density at radius 2 is 2.13 bits per heavy atom. The standard InChI is InChI=1S/C16H18N6O/c1-11-15(16(23)19-9-8-17-2)20-21-22(11)13-5-6-14-12(10-13)4-3-7-18-14/h3-7,10,17H,8-9H2,1-2H3,(H,19,23). The molecule has 1 amide bonds. The van der Waals surface area contributed by atoms with Crippen LogP contribution in [0.3, 0.4) is 0 Å². The third-order valence-electron chi connectivity index (χ3n) is 3.60. The van der Waals surface area contributed by atoms with Crippen LogP contribution >= 0.6 is 0 Å². The van der Waals surface area contributed by atoms with E-state index in [0.29, 0.717) is 24.5 Å². The Kier molecular flexibility index (Phi) is 4.29. The minimum absolute atomic E-state index is 0.216. The lowest BCUT2D eigenvalue weighted by atomic mass is 10.2. The van der Waals surface area contributed by atoms with Crippen molar-refractivity contribution in [2.45, 2.75) is 6.92 Å². The maximum Gasteiger partial charge on any atom is 0.273 e. The monoisotopic (exact) mass is 310 g/mol. The summed E-state index contributed by atoms with van der Waals surface area (Å²) in [4.78, 5) is 16.4. The second kappa shape index (κ2) is 6.53. The highest BCUT2D eigenvalue weighted by Crippen LogP contribution is 2.18. The molecule has 0 aliphatic carbocycles. The number of fused-ring (bicyclic) bond motifs is 1. The smallest absolute Gasteiger partial charge is 0.273 e. The summed E-state index contributed by atoms with van der Waals surface area (Å²) in [5, 5.41) is 14.9. The van der Waals surface area contributed by atoms with Crippen molar-refractivity contribution in [1.82, 2.24) is 30.6 Å². The number of pyridine rings is 1. The van der Waals surface area contributed by atoms with Crippen LogP contribution in [0.4, 0.5) is 0 Å². The number of carbonyl (C=O) groups is 1. The highest BCUT2D eigenvalue weighted by Gasteiger charge is 2.17. The summed E-state index contributed by atoms with van der Waals surface area (Å²) in [6.07, 6.45) is 1.76. The fraction of sp³-hybridized carbons (Fsp3) is 0.250. The number of hydrogen-bond acceptors (Lipinski definition) is 5. The molecule has 0 saturated heterocycles. The molecular formula is C16H18N6O. The maximum absolute atomic E-state index is 12.1. The summed E-state index contributed by atoms with van der Waals surface area (Å²) in [6, 6.07) is 9.70. The van der Waals surface area contributed by atoms with Crippen LogP contribution in [0.25, 0.3) is 16.6 Å². The number of carbonyl (C=O) groups excluding carboxylic acids is 1. The van der Waals surface area contributed by atoms with Crippen molar-refractivity contribution < 1.29 is 4.79 Å². The molecule has 0 fully saturated rings. The van der Waals surface area contributed by atoms with Crippen molar-refractivity contribution in [3.05, 3.63) is 47.9 Å². The van der Waals surface area contributed by atoms with Crippen molar-refractivity contribution >= 4 is 16.8 Å². The van der Waals surface area contributed by atoms with Crippen LogP contribution in [0.15, 0.2) is 36.5 Å². The molecule has 1 aromatic carbocycles. The first-order valence-corrected chi connectivity index (χ1v) is 7.41. The van der Waals surface area contributed by atoms with Gasteiger partial charge < -0.3 is 10.6 Å². The lowest BCUT2D eigenvalue weighted by Crippen LogP contribution is -2.31. The van der Waals surface area contributed by atoms with Gasteiger partial charge in [0, 0.05) is 24.7 Å². The highest BCUT2D eigenvalue weighted by atomic mass is 16.2. The van der Waals surface area contributed by atoms with Gasteiger partial charge in [-0.1, -0.05) is 11.3 Å². The maximum atomic E-state index is 12.1. The molecule has 0 aliphatic rings. The van der Waals surface area contributed by atoms with Crippen LogP contribution in [0, 0.1) is 6.92 Å². The molecule has 0 spiro atoms. The molecule has 23 heavy (non-hydrogen) atoms. The number of amides is 1. The second-order valence-electron chi connectivity index (χ2n) is 5.18. The van der Waals surface area contributed by atoms with E-state index in [9.17, 15) is 4.79 Å². The van der Waals surface area contributed by atoms with Gasteiger partial charge in [-0.2, -0.15) is 0 Å². The molecule has 0 unspecified atom stereocenters. The molecule has 118 valence electrons. The fourth-order valence-corrected chi connectivity index (χ4v) is 2.36. The molecule has 0 aliphatic heterocycles. The zero-order chi connectivity index (χ0) is 16.2. The minimum atomic E-state index is -0.216. The average Bonchev–Trinajstić information content (AvgIpc) is 2.96. The quantitative estimate of drug-likeness (QED) is 0.689. The van der Waals surface area contributed by atoms with Gasteiger partial charge in [0.25, 0.3) is 5.91 Å². The van der Waals surface area contributed by atoms with Gasteiger partial charge in [0.2, 0.25) is 0 Å². The molecule has 2 heterocycles. The van der Waals surface area contributed by atoms with Crippen LogP contribution in [-0.2, 0) is 0 Å². The normalized spacial score (nSPS) is 10.9. The van der Waals surface area contributed by atoms with Gasteiger partial charge >= 0.3 is 0 Å². The average molecular weight is 310 g/mol. The second-order valence-corrected chi connectivity index (χ2v) is 5.18. The summed E-state index contributed by atoms with van der Waals surface area (Å²) in [5.41, 5.74) is 2.81. The van der Waals surface area contributed by atoms with Crippen molar-refractivity contribution in [2.75, 3.05) is 20.1 Å². The van der Waals surface area contributed by atoms with Gasteiger partial charge in [0.1, 0.15) is 0 Å². The lowest BCUT2D eigenvalue weighted by Gasteiger charge is -2.06. The van der Waals surface area contributed by atoms with E-state index in [1.165, 1.54) is 0 Å². The summed E-state index contributed by atoms with van der Waals surface area (Å²) >= 11 is 0. The van der Waals surface area contributed by atoms with E-state index < -0.39 is 0 Å². The molecule has 0 radical (unpaired) electrons. The van der Waals surface area contributed by atoms with E-state index in [-0.39, 0.29) is 5.91 Å². The zero-order valence-corrected chi connectivity index (χ0v) is 13.1. The van der Waals surface area contributed by atoms with E-state index in [2.05, 4.69) is 25.9 Å². The summed E-state index contributed by atoms with van der Waals surface area (Å²) < 4.78 is 1.67. The molecule has 3 rings (SSSR count). The summed E-state index contributed by atoms with van der Waals surface area (Å²) in [5.74, 6) is -0.216. The number of benzene rings is 1. The first-order chi connectivity index (χ1) is 11.2. The molecule has 0 saturated carbocycles. The fourth-order valence-electron chi connectivity index (χ4n) is 2.36. The lowest BCUT2D eigenvalue weighted by molar-refractivity contribution is 0.0948. The largest absolute Gasteiger partial charge is 0.349 e. The molecule has 2 N–H and O–H groups in total. The van der Waals surface area contributed by atoms with Crippen LogP contribution in [-0.4, -0.2) is 46.0 Å². The van der Waals surface area contributed by atoms with Gasteiger partial charge in [-0.15, -0.1) is 5.10 Å². The number of hydrogen-bond donors (Lipinski definition) is 2. The molecule has 0 bridgehead atoms. The Morgan fingerprint density at radius 3 is 2.96 bits per heavy atom. The van der Waals surface area contributed by atoms with Gasteiger partial charge in [0.05, 0.1) is 16.9 Å². The topological polar surface area (TPSA) is 84.7 Å². The predicted octanol–water partition coefficient (Wildman–Crippen LogP) is 1.07. The Morgan fingerprint density at radius 1 is 1.26 bits per heavy atom. The Hall–Kier alpha value is -2.80. The highest BCUT2D eigenvalue weighted by molar-refractivity contribution is 5.93. The van der Waals surface area contributed by atoms with Crippen LogP contribution in [0.5, 0.6) is 0 Å². The zero-order valence-electron chi connectivity index (χ0n) is 13.1. The van der Waals surface area contributed by atoms with E-state index >= 15 is 0 Å². The number of likely N-dealkylation sites (N-methyl/N-ethyl adjacent to an activating group) is 1. The van der Waals surface area contributed by atoms with E-state index in [1.807, 2.05) is 44.3 Å². The summed E-state index contributed by atoms with van der Waals surface area (Å²) in [7, 11) is 1.84. The Bertz CT molecular complexity index is 841. The van der Waals surface area contributed by atoms with Gasteiger partial charge in [0.15, 0.2) is 5.69 Å². The van der Waals surface area contributed by atoms with Crippen molar-refractivity contribution in [1.29, 1.82) is 0 Å². The van der Waals surface area contributed by atoms with E-state index in [1.54, 1.807) is 10.9 Å². The molecule has 3 aromatic rings. The number of rotatable bonds is 5. The molecular weight excluding hydrogens is 292 g/mol. The minimum Gasteiger partial charge on any atom is -0.349 e. The molecule has 7 nitrogen and oxygen atoms in total. The van der Waals surface area contributed by atoms with Crippen molar-refractivity contribution in [3.8, 4) is 5.69 Å². The third-order valence-corrected chi connectivity index (χ3v) is 3.60. The number of nitrogens with zero attached hydrogens (tertiary/aromatic N) is 4.